The summed E-state index contributed by atoms with van der Waals surface area (Å²) in [5, 5.41) is 3.43. The van der Waals surface area contributed by atoms with Gasteiger partial charge in [0.2, 0.25) is 0 Å². The fraction of sp³-hybridized carbons (Fsp3) is 0.174. The molecule has 3 aromatic carbocycles. The first-order valence-corrected chi connectivity index (χ1v) is 11.3. The number of amides is 1. The first kappa shape index (κ1) is 21.9. The summed E-state index contributed by atoms with van der Waals surface area (Å²) in [6, 6.07) is 18.2. The molecule has 0 fully saturated rings. The van der Waals surface area contributed by atoms with Crippen LogP contribution in [0, 0.1) is 13.8 Å². The molecule has 3 rings (SSSR count). The second-order valence-corrected chi connectivity index (χ2v) is 9.31. The third-order valence-electron chi connectivity index (χ3n) is 4.75. The monoisotopic (exact) mass is 442 g/mol. The quantitative estimate of drug-likeness (QED) is 0.547. The third-order valence-corrected chi connectivity index (χ3v) is 6.40. The van der Waals surface area contributed by atoms with Gasteiger partial charge in [0.25, 0.3) is 15.9 Å². The highest BCUT2D eigenvalue weighted by molar-refractivity contribution is 7.92. The van der Waals surface area contributed by atoms with Gasteiger partial charge in [0.05, 0.1) is 10.9 Å². The Bertz CT molecular complexity index is 1180. The molecule has 156 valence electrons. The maximum Gasteiger partial charge on any atom is 0.261 e. The standard InChI is InChI=1S/C23H23ClN2O3S/c1-15-7-8-16(2)22(13-15)17(3)25-23(27)18-5-4-6-20(14-18)26-30(28,29)21-11-9-19(24)10-12-21/h4-14,17,26H,1-3H3,(H,25,27)/t17-/m1/s1. The van der Waals surface area contributed by atoms with Gasteiger partial charge in [-0.1, -0.05) is 41.4 Å². The van der Waals surface area contributed by atoms with Gasteiger partial charge in [-0.25, -0.2) is 8.42 Å². The SMILES string of the molecule is Cc1ccc(C)c([C@@H](C)NC(=O)c2cccc(NS(=O)(=O)c3ccc(Cl)cc3)c2)c1. The first-order valence-electron chi connectivity index (χ1n) is 9.42. The lowest BCUT2D eigenvalue weighted by atomic mass is 9.99. The molecule has 0 heterocycles. The van der Waals surface area contributed by atoms with Crippen molar-refractivity contribution in [3.05, 3.63) is 94.0 Å². The molecule has 3 aromatic rings. The summed E-state index contributed by atoms with van der Waals surface area (Å²) in [6.07, 6.45) is 0. The minimum atomic E-state index is -3.79. The maximum absolute atomic E-state index is 12.7. The summed E-state index contributed by atoms with van der Waals surface area (Å²) in [6.45, 7) is 5.93. The fourth-order valence-corrected chi connectivity index (χ4v) is 4.31. The van der Waals surface area contributed by atoms with E-state index < -0.39 is 10.0 Å². The molecule has 0 aliphatic carbocycles. The van der Waals surface area contributed by atoms with Crippen molar-refractivity contribution in [1.29, 1.82) is 0 Å². The number of aryl methyl sites for hydroxylation is 2. The van der Waals surface area contributed by atoms with E-state index in [0.29, 0.717) is 16.3 Å². The summed E-state index contributed by atoms with van der Waals surface area (Å²) in [5.74, 6) is -0.282. The molecule has 0 saturated heterocycles. The number of hydrogen-bond donors (Lipinski definition) is 2. The van der Waals surface area contributed by atoms with Crippen molar-refractivity contribution >= 4 is 33.2 Å². The van der Waals surface area contributed by atoms with Crippen molar-refractivity contribution in [1.82, 2.24) is 5.32 Å². The molecule has 0 bridgehead atoms. The predicted molar refractivity (Wildman–Crippen MR) is 120 cm³/mol. The first-order chi connectivity index (χ1) is 14.2. The van der Waals surface area contributed by atoms with Gasteiger partial charge in [0.1, 0.15) is 0 Å². The number of carbonyl (C=O) groups is 1. The molecule has 30 heavy (non-hydrogen) atoms. The lowest BCUT2D eigenvalue weighted by molar-refractivity contribution is 0.0940. The number of rotatable bonds is 6. The fourth-order valence-electron chi connectivity index (χ4n) is 3.14. The molecular formula is C23H23ClN2O3S. The summed E-state index contributed by atoms with van der Waals surface area (Å²) in [5.41, 5.74) is 3.93. The van der Waals surface area contributed by atoms with E-state index in [1.807, 2.05) is 32.9 Å². The Morgan fingerprint density at radius 3 is 2.37 bits per heavy atom. The van der Waals surface area contributed by atoms with Crippen molar-refractivity contribution in [2.45, 2.75) is 31.7 Å². The van der Waals surface area contributed by atoms with E-state index in [1.165, 1.54) is 30.3 Å². The molecule has 5 nitrogen and oxygen atoms in total. The van der Waals surface area contributed by atoms with E-state index in [1.54, 1.807) is 18.2 Å². The van der Waals surface area contributed by atoms with Gasteiger partial charge in [-0.05, 0) is 74.4 Å². The van der Waals surface area contributed by atoms with E-state index >= 15 is 0 Å². The minimum Gasteiger partial charge on any atom is -0.346 e. The number of carbonyl (C=O) groups excluding carboxylic acids is 1. The molecule has 0 radical (unpaired) electrons. The Balaban J connectivity index is 1.77. The second-order valence-electron chi connectivity index (χ2n) is 7.20. The molecule has 2 N–H and O–H groups in total. The van der Waals surface area contributed by atoms with Crippen molar-refractivity contribution < 1.29 is 13.2 Å². The zero-order valence-corrected chi connectivity index (χ0v) is 18.5. The van der Waals surface area contributed by atoms with Crippen molar-refractivity contribution in [3.63, 3.8) is 0 Å². The van der Waals surface area contributed by atoms with E-state index in [9.17, 15) is 13.2 Å². The van der Waals surface area contributed by atoms with Crippen LogP contribution in [-0.2, 0) is 10.0 Å². The summed E-state index contributed by atoms with van der Waals surface area (Å²) >= 11 is 5.82. The van der Waals surface area contributed by atoms with Crippen LogP contribution in [0.1, 0.15) is 40.0 Å². The van der Waals surface area contributed by atoms with Crippen LogP contribution in [0.4, 0.5) is 5.69 Å². The second kappa shape index (κ2) is 8.90. The van der Waals surface area contributed by atoms with Crippen LogP contribution < -0.4 is 10.0 Å². The number of sulfonamides is 1. The number of anilines is 1. The maximum atomic E-state index is 12.7. The van der Waals surface area contributed by atoms with E-state index in [0.717, 1.165) is 16.7 Å². The Kier molecular flexibility index (Phi) is 6.48. The highest BCUT2D eigenvalue weighted by Crippen LogP contribution is 2.21. The Labute approximate surface area is 182 Å². The van der Waals surface area contributed by atoms with Gasteiger partial charge in [-0.3, -0.25) is 9.52 Å². The van der Waals surface area contributed by atoms with E-state index in [4.69, 9.17) is 11.6 Å². The Morgan fingerprint density at radius 1 is 0.967 bits per heavy atom. The molecule has 0 spiro atoms. The van der Waals surface area contributed by atoms with E-state index in [2.05, 4.69) is 16.1 Å². The normalized spacial score (nSPS) is 12.3. The Hall–Kier alpha value is -2.83. The largest absolute Gasteiger partial charge is 0.346 e. The van der Waals surface area contributed by atoms with Crippen molar-refractivity contribution in [3.8, 4) is 0 Å². The molecule has 0 aliphatic rings. The van der Waals surface area contributed by atoms with Crippen LogP contribution in [0.2, 0.25) is 5.02 Å². The Morgan fingerprint density at radius 2 is 1.67 bits per heavy atom. The highest BCUT2D eigenvalue weighted by atomic mass is 35.5. The van der Waals surface area contributed by atoms with Crippen molar-refractivity contribution in [2.75, 3.05) is 4.72 Å². The van der Waals surface area contributed by atoms with Crippen LogP contribution in [0.5, 0.6) is 0 Å². The lowest BCUT2D eigenvalue weighted by Crippen LogP contribution is -2.27. The van der Waals surface area contributed by atoms with Gasteiger partial charge in [-0.2, -0.15) is 0 Å². The molecule has 0 unspecified atom stereocenters. The zero-order valence-electron chi connectivity index (χ0n) is 16.9. The summed E-state index contributed by atoms with van der Waals surface area (Å²) in [4.78, 5) is 12.8. The highest BCUT2D eigenvalue weighted by Gasteiger charge is 2.17. The number of nitrogens with one attached hydrogen (secondary N) is 2. The third kappa shape index (κ3) is 5.20. The molecule has 0 aliphatic heterocycles. The smallest absolute Gasteiger partial charge is 0.261 e. The number of hydrogen-bond acceptors (Lipinski definition) is 3. The minimum absolute atomic E-state index is 0.0882. The van der Waals surface area contributed by atoms with Crippen molar-refractivity contribution in [2.24, 2.45) is 0 Å². The zero-order chi connectivity index (χ0) is 21.9. The van der Waals surface area contributed by atoms with Crippen LogP contribution in [0.3, 0.4) is 0 Å². The van der Waals surface area contributed by atoms with Gasteiger partial charge in [0.15, 0.2) is 0 Å². The molecule has 0 aromatic heterocycles. The van der Waals surface area contributed by atoms with Gasteiger partial charge < -0.3 is 5.32 Å². The van der Waals surface area contributed by atoms with Crippen LogP contribution in [-0.4, -0.2) is 14.3 Å². The molecular weight excluding hydrogens is 420 g/mol. The number of halogens is 1. The lowest BCUT2D eigenvalue weighted by Gasteiger charge is -2.18. The number of benzene rings is 3. The molecule has 1 atom stereocenters. The predicted octanol–water partition coefficient (Wildman–Crippen LogP) is 5.25. The molecule has 0 saturated carbocycles. The van der Waals surface area contributed by atoms with Crippen LogP contribution in [0.15, 0.2) is 71.6 Å². The topological polar surface area (TPSA) is 75.3 Å². The van der Waals surface area contributed by atoms with Gasteiger partial charge in [0, 0.05) is 16.3 Å². The summed E-state index contributed by atoms with van der Waals surface area (Å²) < 4.78 is 27.6. The van der Waals surface area contributed by atoms with Gasteiger partial charge >= 0.3 is 0 Å². The molecule has 1 amide bonds. The van der Waals surface area contributed by atoms with Crippen LogP contribution in [0.25, 0.3) is 0 Å². The molecule has 7 heteroatoms. The average molecular weight is 443 g/mol. The summed E-state index contributed by atoms with van der Waals surface area (Å²) in [7, 11) is -3.79. The van der Waals surface area contributed by atoms with E-state index in [-0.39, 0.29) is 16.8 Å². The van der Waals surface area contributed by atoms with Crippen LogP contribution >= 0.6 is 11.6 Å². The average Bonchev–Trinajstić information content (AvgIpc) is 2.70. The van der Waals surface area contributed by atoms with Gasteiger partial charge in [-0.15, -0.1) is 0 Å².